The molecule has 102 valence electrons. The fourth-order valence-corrected chi connectivity index (χ4v) is 1.68. The Morgan fingerprint density at radius 2 is 2.21 bits per heavy atom. The SMILES string of the molecule is CCCNCc1ccc(OCc2nccn2C)cn1. The summed E-state index contributed by atoms with van der Waals surface area (Å²) in [7, 11) is 1.95. The van der Waals surface area contributed by atoms with Crippen LogP contribution in [0.3, 0.4) is 0 Å². The van der Waals surface area contributed by atoms with E-state index in [-0.39, 0.29) is 0 Å². The molecule has 1 N–H and O–H groups in total. The maximum absolute atomic E-state index is 5.65. The van der Waals surface area contributed by atoms with E-state index in [0.29, 0.717) is 6.61 Å². The Morgan fingerprint density at radius 3 is 2.84 bits per heavy atom. The molecule has 0 aliphatic carbocycles. The highest BCUT2D eigenvalue weighted by atomic mass is 16.5. The maximum atomic E-state index is 5.65. The van der Waals surface area contributed by atoms with Crippen LogP contribution >= 0.6 is 0 Å². The molecule has 2 aromatic rings. The Morgan fingerprint density at radius 1 is 1.32 bits per heavy atom. The number of ether oxygens (including phenoxy) is 1. The van der Waals surface area contributed by atoms with E-state index in [2.05, 4.69) is 22.2 Å². The fourth-order valence-electron chi connectivity index (χ4n) is 1.68. The molecule has 0 atom stereocenters. The predicted octanol–water partition coefficient (Wildman–Crippen LogP) is 1.89. The highest BCUT2D eigenvalue weighted by Gasteiger charge is 2.01. The second-order valence-corrected chi connectivity index (χ2v) is 4.41. The summed E-state index contributed by atoms with van der Waals surface area (Å²) in [4.78, 5) is 8.56. The average Bonchev–Trinajstić information content (AvgIpc) is 2.84. The highest BCUT2D eigenvalue weighted by molar-refractivity contribution is 5.20. The fraction of sp³-hybridized carbons (Fsp3) is 0.429. The largest absolute Gasteiger partial charge is 0.484 e. The molecule has 0 radical (unpaired) electrons. The molecule has 2 heterocycles. The quantitative estimate of drug-likeness (QED) is 0.772. The monoisotopic (exact) mass is 260 g/mol. The van der Waals surface area contributed by atoms with Gasteiger partial charge in [-0.2, -0.15) is 0 Å². The van der Waals surface area contributed by atoms with Crippen LogP contribution in [0.15, 0.2) is 30.7 Å². The topological polar surface area (TPSA) is 52.0 Å². The summed E-state index contributed by atoms with van der Waals surface area (Å²) in [6.07, 6.45) is 6.55. The first-order valence-electron chi connectivity index (χ1n) is 6.54. The summed E-state index contributed by atoms with van der Waals surface area (Å²) in [5.74, 6) is 1.66. The summed E-state index contributed by atoms with van der Waals surface area (Å²) in [5.41, 5.74) is 1.03. The Balaban J connectivity index is 1.83. The van der Waals surface area contributed by atoms with Crippen molar-refractivity contribution in [2.45, 2.75) is 26.5 Å². The highest BCUT2D eigenvalue weighted by Crippen LogP contribution is 2.11. The van der Waals surface area contributed by atoms with Crippen molar-refractivity contribution in [3.63, 3.8) is 0 Å². The third-order valence-corrected chi connectivity index (χ3v) is 2.82. The molecule has 0 saturated carbocycles. The Hall–Kier alpha value is -1.88. The zero-order valence-electron chi connectivity index (χ0n) is 11.5. The minimum atomic E-state index is 0.457. The number of pyridine rings is 1. The second kappa shape index (κ2) is 6.89. The van der Waals surface area contributed by atoms with Crippen LogP contribution in [0.1, 0.15) is 24.9 Å². The van der Waals surface area contributed by atoms with Crippen LogP contribution in [0, 0.1) is 0 Å². The molecule has 0 amide bonds. The normalized spacial score (nSPS) is 10.6. The first kappa shape index (κ1) is 13.5. The van der Waals surface area contributed by atoms with Crippen molar-refractivity contribution >= 4 is 0 Å². The van der Waals surface area contributed by atoms with Crippen molar-refractivity contribution in [1.82, 2.24) is 19.9 Å². The molecule has 0 spiro atoms. The minimum absolute atomic E-state index is 0.457. The van der Waals surface area contributed by atoms with Crippen LogP contribution in [-0.2, 0) is 20.2 Å². The van der Waals surface area contributed by atoms with Gasteiger partial charge in [-0.15, -0.1) is 0 Å². The van der Waals surface area contributed by atoms with Crippen molar-refractivity contribution in [2.24, 2.45) is 7.05 Å². The number of nitrogens with zero attached hydrogens (tertiary/aromatic N) is 3. The van der Waals surface area contributed by atoms with E-state index >= 15 is 0 Å². The summed E-state index contributed by atoms with van der Waals surface area (Å²) >= 11 is 0. The lowest BCUT2D eigenvalue weighted by Crippen LogP contribution is -2.14. The van der Waals surface area contributed by atoms with Gasteiger partial charge < -0.3 is 14.6 Å². The Bertz CT molecular complexity index is 492. The van der Waals surface area contributed by atoms with E-state index in [4.69, 9.17) is 4.74 Å². The first-order valence-corrected chi connectivity index (χ1v) is 6.54. The molecule has 0 fully saturated rings. The number of aromatic nitrogens is 3. The van der Waals surface area contributed by atoms with E-state index in [0.717, 1.165) is 36.8 Å². The van der Waals surface area contributed by atoms with E-state index in [9.17, 15) is 0 Å². The lowest BCUT2D eigenvalue weighted by Gasteiger charge is -2.07. The maximum Gasteiger partial charge on any atom is 0.146 e. The van der Waals surface area contributed by atoms with Crippen LogP contribution < -0.4 is 10.1 Å². The van der Waals surface area contributed by atoms with Crippen LogP contribution in [0.4, 0.5) is 0 Å². The number of hydrogen-bond donors (Lipinski definition) is 1. The molecule has 0 unspecified atom stereocenters. The number of imidazole rings is 1. The molecule has 19 heavy (non-hydrogen) atoms. The molecule has 0 aliphatic heterocycles. The van der Waals surface area contributed by atoms with Gasteiger partial charge in [-0.25, -0.2) is 4.98 Å². The number of hydrogen-bond acceptors (Lipinski definition) is 4. The number of nitrogens with one attached hydrogen (secondary N) is 1. The third-order valence-electron chi connectivity index (χ3n) is 2.82. The van der Waals surface area contributed by atoms with Crippen molar-refractivity contribution < 1.29 is 4.74 Å². The molecule has 2 rings (SSSR count). The molecule has 2 aromatic heterocycles. The van der Waals surface area contributed by atoms with Gasteiger partial charge in [-0.3, -0.25) is 4.98 Å². The zero-order chi connectivity index (χ0) is 13.5. The number of rotatable bonds is 7. The van der Waals surface area contributed by atoms with Gasteiger partial charge in [-0.05, 0) is 25.1 Å². The smallest absolute Gasteiger partial charge is 0.146 e. The zero-order valence-corrected chi connectivity index (χ0v) is 11.5. The van der Waals surface area contributed by atoms with E-state index in [1.54, 1.807) is 12.4 Å². The second-order valence-electron chi connectivity index (χ2n) is 4.41. The minimum Gasteiger partial charge on any atom is -0.484 e. The van der Waals surface area contributed by atoms with Crippen molar-refractivity contribution in [2.75, 3.05) is 6.54 Å². The first-order chi connectivity index (χ1) is 9.29. The van der Waals surface area contributed by atoms with E-state index < -0.39 is 0 Å². The van der Waals surface area contributed by atoms with Crippen molar-refractivity contribution in [1.29, 1.82) is 0 Å². The van der Waals surface area contributed by atoms with Crippen LogP contribution in [0.5, 0.6) is 5.75 Å². The molecular weight excluding hydrogens is 240 g/mol. The van der Waals surface area contributed by atoms with Crippen molar-refractivity contribution in [3.05, 3.63) is 42.2 Å². The van der Waals surface area contributed by atoms with Crippen LogP contribution in [0.25, 0.3) is 0 Å². The Labute approximate surface area is 113 Å². The standard InChI is InChI=1S/C14H20N4O/c1-3-6-15-9-12-4-5-13(10-17-12)19-11-14-16-7-8-18(14)2/h4-5,7-8,10,15H,3,6,9,11H2,1-2H3. The molecule has 0 aromatic carbocycles. The summed E-state index contributed by atoms with van der Waals surface area (Å²) in [5, 5.41) is 3.32. The van der Waals surface area contributed by atoms with Gasteiger partial charge in [0.2, 0.25) is 0 Å². The summed E-state index contributed by atoms with van der Waals surface area (Å²) in [6, 6.07) is 3.93. The summed E-state index contributed by atoms with van der Waals surface area (Å²) < 4.78 is 7.59. The molecule has 5 nitrogen and oxygen atoms in total. The molecule has 0 saturated heterocycles. The molecule has 5 heteroatoms. The summed E-state index contributed by atoms with van der Waals surface area (Å²) in [6.45, 7) is 4.42. The van der Waals surface area contributed by atoms with Gasteiger partial charge >= 0.3 is 0 Å². The lowest BCUT2D eigenvalue weighted by molar-refractivity contribution is 0.290. The molecule has 0 bridgehead atoms. The van der Waals surface area contributed by atoms with Crippen molar-refractivity contribution in [3.8, 4) is 5.75 Å². The predicted molar refractivity (Wildman–Crippen MR) is 73.8 cm³/mol. The van der Waals surface area contributed by atoms with E-state index in [1.165, 1.54) is 0 Å². The van der Waals surface area contributed by atoms with E-state index in [1.807, 2.05) is 29.9 Å². The number of aryl methyl sites for hydroxylation is 1. The van der Waals surface area contributed by atoms with Crippen LogP contribution in [0.2, 0.25) is 0 Å². The van der Waals surface area contributed by atoms with Gasteiger partial charge in [0, 0.05) is 26.0 Å². The molecular formula is C14H20N4O. The van der Waals surface area contributed by atoms with Gasteiger partial charge in [0.25, 0.3) is 0 Å². The van der Waals surface area contributed by atoms with Gasteiger partial charge in [0.15, 0.2) is 0 Å². The Kier molecular flexibility index (Phi) is 4.92. The lowest BCUT2D eigenvalue weighted by atomic mass is 10.3. The van der Waals surface area contributed by atoms with Gasteiger partial charge in [-0.1, -0.05) is 6.92 Å². The van der Waals surface area contributed by atoms with Gasteiger partial charge in [0.05, 0.1) is 11.9 Å². The molecule has 0 aliphatic rings. The van der Waals surface area contributed by atoms with Crippen LogP contribution in [-0.4, -0.2) is 21.1 Å². The van der Waals surface area contributed by atoms with Gasteiger partial charge in [0.1, 0.15) is 18.2 Å². The third kappa shape index (κ3) is 4.06. The average molecular weight is 260 g/mol.